The van der Waals surface area contributed by atoms with Gasteiger partial charge in [-0.25, -0.2) is 4.98 Å². The number of hydrogen-bond acceptors (Lipinski definition) is 4. The maximum absolute atomic E-state index is 11.8. The van der Waals surface area contributed by atoms with E-state index in [0.29, 0.717) is 6.54 Å². The van der Waals surface area contributed by atoms with Gasteiger partial charge in [0.2, 0.25) is 5.91 Å². The van der Waals surface area contributed by atoms with E-state index in [1.165, 1.54) is 0 Å². The molecular formula is C14H18N2O2S. The summed E-state index contributed by atoms with van der Waals surface area (Å²) in [6.45, 7) is 4.49. The number of ether oxygens (including phenoxy) is 1. The van der Waals surface area contributed by atoms with Crippen LogP contribution in [0, 0.1) is 0 Å². The highest BCUT2D eigenvalue weighted by Gasteiger charge is 2.12. The highest BCUT2D eigenvalue weighted by molar-refractivity contribution is 7.18. The summed E-state index contributed by atoms with van der Waals surface area (Å²) in [6.07, 6.45) is 0.0693. The molecule has 19 heavy (non-hydrogen) atoms. The lowest BCUT2D eigenvalue weighted by Gasteiger charge is -2.16. The van der Waals surface area contributed by atoms with Crippen LogP contribution in [-0.2, 0) is 16.1 Å². The SMILES string of the molecule is CC(C)OCC(=O)N(C)Cc1nc2ccccc2s1. The number of likely N-dealkylation sites (N-methyl/N-ethyl adjacent to an activating group) is 1. The molecule has 0 atom stereocenters. The third-order valence-corrected chi connectivity index (χ3v) is 3.70. The predicted molar refractivity (Wildman–Crippen MR) is 77.2 cm³/mol. The van der Waals surface area contributed by atoms with Crippen LogP contribution in [0.15, 0.2) is 24.3 Å². The Balaban J connectivity index is 1.98. The van der Waals surface area contributed by atoms with Crippen LogP contribution in [0.3, 0.4) is 0 Å². The molecule has 0 saturated carbocycles. The molecule has 1 aromatic heterocycles. The zero-order valence-corrected chi connectivity index (χ0v) is 12.2. The van der Waals surface area contributed by atoms with Crippen molar-refractivity contribution in [3.63, 3.8) is 0 Å². The van der Waals surface area contributed by atoms with Crippen LogP contribution in [0.4, 0.5) is 0 Å². The quantitative estimate of drug-likeness (QED) is 0.844. The van der Waals surface area contributed by atoms with Gasteiger partial charge in [-0.2, -0.15) is 0 Å². The molecule has 2 rings (SSSR count). The Morgan fingerprint density at radius 2 is 2.16 bits per heavy atom. The van der Waals surface area contributed by atoms with E-state index in [1.54, 1.807) is 23.3 Å². The highest BCUT2D eigenvalue weighted by Crippen LogP contribution is 2.22. The monoisotopic (exact) mass is 278 g/mol. The maximum atomic E-state index is 11.8. The van der Waals surface area contributed by atoms with Gasteiger partial charge in [-0.1, -0.05) is 12.1 Å². The fourth-order valence-corrected chi connectivity index (χ4v) is 2.65. The normalized spacial score (nSPS) is 11.2. The Morgan fingerprint density at radius 3 is 2.84 bits per heavy atom. The molecule has 1 aromatic carbocycles. The standard InChI is InChI=1S/C14H18N2O2S/c1-10(2)18-9-14(17)16(3)8-13-15-11-6-4-5-7-12(11)19-13/h4-7,10H,8-9H2,1-3H3. The Labute approximate surface area is 117 Å². The third-order valence-electron chi connectivity index (χ3n) is 2.68. The largest absolute Gasteiger partial charge is 0.369 e. The summed E-state index contributed by atoms with van der Waals surface area (Å²) in [5, 5.41) is 0.946. The predicted octanol–water partition coefficient (Wildman–Crippen LogP) is 2.68. The van der Waals surface area contributed by atoms with E-state index in [9.17, 15) is 4.79 Å². The summed E-state index contributed by atoms with van der Waals surface area (Å²) in [5.74, 6) is -0.0204. The van der Waals surface area contributed by atoms with Crippen molar-refractivity contribution in [2.24, 2.45) is 0 Å². The minimum absolute atomic E-state index is 0.0204. The van der Waals surface area contributed by atoms with Crippen molar-refractivity contribution in [3.8, 4) is 0 Å². The Morgan fingerprint density at radius 1 is 1.42 bits per heavy atom. The van der Waals surface area contributed by atoms with E-state index in [0.717, 1.165) is 15.2 Å². The number of thiazole rings is 1. The summed E-state index contributed by atoms with van der Waals surface area (Å²) in [4.78, 5) is 18.0. The topological polar surface area (TPSA) is 42.4 Å². The van der Waals surface area contributed by atoms with E-state index < -0.39 is 0 Å². The van der Waals surface area contributed by atoms with E-state index in [1.807, 2.05) is 38.1 Å². The number of aromatic nitrogens is 1. The molecule has 0 unspecified atom stereocenters. The second-order valence-electron chi connectivity index (χ2n) is 4.68. The number of hydrogen-bond donors (Lipinski definition) is 0. The van der Waals surface area contributed by atoms with Gasteiger partial charge in [-0.15, -0.1) is 11.3 Å². The Hall–Kier alpha value is -1.46. The molecule has 0 spiro atoms. The maximum Gasteiger partial charge on any atom is 0.248 e. The number of nitrogens with zero attached hydrogens (tertiary/aromatic N) is 2. The minimum atomic E-state index is -0.0204. The molecule has 0 aliphatic carbocycles. The molecular weight excluding hydrogens is 260 g/mol. The van der Waals surface area contributed by atoms with Crippen LogP contribution >= 0.6 is 11.3 Å². The smallest absolute Gasteiger partial charge is 0.248 e. The zero-order valence-electron chi connectivity index (χ0n) is 11.4. The fraction of sp³-hybridized carbons (Fsp3) is 0.429. The highest BCUT2D eigenvalue weighted by atomic mass is 32.1. The summed E-state index contributed by atoms with van der Waals surface area (Å²) in [7, 11) is 1.78. The lowest BCUT2D eigenvalue weighted by Crippen LogP contribution is -2.30. The average molecular weight is 278 g/mol. The van der Waals surface area contributed by atoms with Crippen LogP contribution in [0.1, 0.15) is 18.9 Å². The lowest BCUT2D eigenvalue weighted by atomic mass is 10.3. The third kappa shape index (κ3) is 3.75. The van der Waals surface area contributed by atoms with Gasteiger partial charge in [-0.3, -0.25) is 4.79 Å². The first-order valence-corrected chi connectivity index (χ1v) is 7.08. The Bertz CT molecular complexity index is 532. The van der Waals surface area contributed by atoms with Crippen molar-refractivity contribution in [1.29, 1.82) is 0 Å². The van der Waals surface area contributed by atoms with Crippen molar-refractivity contribution in [2.45, 2.75) is 26.5 Å². The molecule has 4 nitrogen and oxygen atoms in total. The molecule has 0 saturated heterocycles. The number of carbonyl (C=O) groups is 1. The molecule has 1 amide bonds. The first-order chi connectivity index (χ1) is 9.06. The van der Waals surface area contributed by atoms with Gasteiger partial charge in [0.1, 0.15) is 11.6 Å². The molecule has 0 fully saturated rings. The molecule has 0 aliphatic rings. The summed E-state index contributed by atoms with van der Waals surface area (Å²) in [6, 6.07) is 7.99. The molecule has 0 N–H and O–H groups in total. The summed E-state index contributed by atoms with van der Waals surface area (Å²) in [5.41, 5.74) is 0.988. The molecule has 2 aromatic rings. The first kappa shape index (κ1) is 14.0. The van der Waals surface area contributed by atoms with E-state index >= 15 is 0 Å². The molecule has 102 valence electrons. The zero-order chi connectivity index (χ0) is 13.8. The minimum Gasteiger partial charge on any atom is -0.369 e. The van der Waals surface area contributed by atoms with Crippen LogP contribution in [0.2, 0.25) is 0 Å². The second-order valence-corrected chi connectivity index (χ2v) is 5.80. The van der Waals surface area contributed by atoms with Gasteiger partial charge >= 0.3 is 0 Å². The van der Waals surface area contributed by atoms with Crippen molar-refractivity contribution in [2.75, 3.05) is 13.7 Å². The Kier molecular flexibility index (Phi) is 4.50. The van der Waals surface area contributed by atoms with Crippen LogP contribution in [0.5, 0.6) is 0 Å². The molecule has 5 heteroatoms. The number of para-hydroxylation sites is 1. The van der Waals surface area contributed by atoms with Crippen LogP contribution in [0.25, 0.3) is 10.2 Å². The number of benzene rings is 1. The lowest BCUT2D eigenvalue weighted by molar-refractivity contribution is -0.136. The van der Waals surface area contributed by atoms with Crippen molar-refractivity contribution >= 4 is 27.5 Å². The number of fused-ring (bicyclic) bond motifs is 1. The van der Waals surface area contributed by atoms with E-state index in [4.69, 9.17) is 4.74 Å². The average Bonchev–Trinajstić information content (AvgIpc) is 2.77. The summed E-state index contributed by atoms with van der Waals surface area (Å²) >= 11 is 1.62. The van der Waals surface area contributed by atoms with Crippen molar-refractivity contribution < 1.29 is 9.53 Å². The molecule has 1 heterocycles. The van der Waals surface area contributed by atoms with Crippen molar-refractivity contribution in [3.05, 3.63) is 29.3 Å². The number of carbonyl (C=O) groups excluding carboxylic acids is 1. The van der Waals surface area contributed by atoms with Gasteiger partial charge < -0.3 is 9.64 Å². The fourth-order valence-electron chi connectivity index (χ4n) is 1.63. The molecule has 0 aliphatic heterocycles. The number of rotatable bonds is 5. The van der Waals surface area contributed by atoms with Gasteiger partial charge in [0.25, 0.3) is 0 Å². The second kappa shape index (κ2) is 6.12. The van der Waals surface area contributed by atoms with E-state index in [-0.39, 0.29) is 18.6 Å². The van der Waals surface area contributed by atoms with Gasteiger partial charge in [0, 0.05) is 7.05 Å². The van der Waals surface area contributed by atoms with E-state index in [2.05, 4.69) is 4.98 Å². The first-order valence-electron chi connectivity index (χ1n) is 6.26. The summed E-state index contributed by atoms with van der Waals surface area (Å²) < 4.78 is 6.46. The van der Waals surface area contributed by atoms with Crippen molar-refractivity contribution in [1.82, 2.24) is 9.88 Å². The van der Waals surface area contributed by atoms with Gasteiger partial charge in [-0.05, 0) is 26.0 Å². The van der Waals surface area contributed by atoms with Gasteiger partial charge in [0.05, 0.1) is 22.9 Å². The molecule has 0 bridgehead atoms. The molecule has 0 radical (unpaired) electrons. The number of amides is 1. The van der Waals surface area contributed by atoms with Crippen LogP contribution < -0.4 is 0 Å². The van der Waals surface area contributed by atoms with Gasteiger partial charge in [0.15, 0.2) is 0 Å². The van der Waals surface area contributed by atoms with Crippen LogP contribution in [-0.4, -0.2) is 35.5 Å².